The molecule has 136 valence electrons. The van der Waals surface area contributed by atoms with Crippen molar-refractivity contribution in [3.8, 4) is 0 Å². The molecule has 0 bridgehead atoms. The number of carbonyl (C=O) groups is 1. The van der Waals surface area contributed by atoms with Gasteiger partial charge in [0.15, 0.2) is 0 Å². The summed E-state index contributed by atoms with van der Waals surface area (Å²) in [6, 6.07) is 14.0. The quantitative estimate of drug-likeness (QED) is 0.441. The Morgan fingerprint density at radius 3 is 2.42 bits per heavy atom. The first-order valence-corrected chi connectivity index (χ1v) is 9.55. The van der Waals surface area contributed by atoms with Gasteiger partial charge < -0.3 is 9.80 Å². The van der Waals surface area contributed by atoms with Crippen molar-refractivity contribution in [2.75, 3.05) is 36.8 Å². The molecule has 1 aliphatic heterocycles. The molecule has 0 aliphatic carbocycles. The summed E-state index contributed by atoms with van der Waals surface area (Å²) >= 11 is 7.44. The molecule has 0 atom stereocenters. The lowest BCUT2D eigenvalue weighted by molar-refractivity contribution is -0.384. The number of anilines is 1. The van der Waals surface area contributed by atoms with Gasteiger partial charge in [0.05, 0.1) is 10.7 Å². The summed E-state index contributed by atoms with van der Waals surface area (Å²) in [5, 5.41) is 11.4. The van der Waals surface area contributed by atoms with Crippen LogP contribution < -0.4 is 4.90 Å². The standard InChI is InChI=1S/C18H18ClN3O3S/c19-14-2-1-3-16(12-14)20-8-10-21(11-9-20)18(23)13-26-17-6-4-15(5-7-17)22(24)25/h1-7,12H,8-11,13H2. The zero-order valence-electron chi connectivity index (χ0n) is 14.0. The Balaban J connectivity index is 1.48. The van der Waals surface area contributed by atoms with Crippen molar-refractivity contribution in [3.05, 3.63) is 63.7 Å². The van der Waals surface area contributed by atoms with Crippen LogP contribution in [0.5, 0.6) is 0 Å². The second-order valence-electron chi connectivity index (χ2n) is 5.89. The SMILES string of the molecule is O=C(CSc1ccc([N+](=O)[O-])cc1)N1CCN(c2cccc(Cl)c2)CC1. The Morgan fingerprint density at radius 2 is 1.81 bits per heavy atom. The van der Waals surface area contributed by atoms with Crippen LogP contribution in [-0.2, 0) is 4.79 Å². The minimum absolute atomic E-state index is 0.0535. The van der Waals surface area contributed by atoms with E-state index in [4.69, 9.17) is 11.6 Å². The molecular weight excluding hydrogens is 374 g/mol. The van der Waals surface area contributed by atoms with Crippen LogP contribution in [0.2, 0.25) is 5.02 Å². The average Bonchev–Trinajstić information content (AvgIpc) is 2.66. The Bertz CT molecular complexity index is 793. The van der Waals surface area contributed by atoms with Crippen LogP contribution >= 0.6 is 23.4 Å². The number of nitrogens with zero attached hydrogens (tertiary/aromatic N) is 3. The first-order valence-electron chi connectivity index (χ1n) is 8.18. The number of piperazine rings is 1. The molecule has 2 aromatic rings. The van der Waals surface area contributed by atoms with E-state index in [0.29, 0.717) is 23.9 Å². The fourth-order valence-electron chi connectivity index (χ4n) is 2.79. The number of halogens is 1. The van der Waals surface area contributed by atoms with E-state index in [1.807, 2.05) is 29.2 Å². The van der Waals surface area contributed by atoms with Gasteiger partial charge >= 0.3 is 0 Å². The molecule has 0 spiro atoms. The van der Waals surface area contributed by atoms with Crippen molar-refractivity contribution >= 4 is 40.6 Å². The number of hydrogen-bond acceptors (Lipinski definition) is 5. The van der Waals surface area contributed by atoms with Gasteiger partial charge in [-0.2, -0.15) is 0 Å². The van der Waals surface area contributed by atoms with Crippen molar-refractivity contribution < 1.29 is 9.72 Å². The number of non-ortho nitro benzene ring substituents is 1. The number of rotatable bonds is 5. The third kappa shape index (κ3) is 4.68. The summed E-state index contributed by atoms with van der Waals surface area (Å²) in [4.78, 5) is 27.6. The molecule has 0 unspecified atom stereocenters. The topological polar surface area (TPSA) is 66.7 Å². The van der Waals surface area contributed by atoms with Crippen LogP contribution in [0.1, 0.15) is 0 Å². The first kappa shape index (κ1) is 18.5. The molecule has 1 saturated heterocycles. The van der Waals surface area contributed by atoms with Crippen LogP contribution in [0.3, 0.4) is 0 Å². The number of hydrogen-bond donors (Lipinski definition) is 0. The maximum Gasteiger partial charge on any atom is 0.269 e. The van der Waals surface area contributed by atoms with Gasteiger partial charge in [-0.1, -0.05) is 17.7 Å². The first-order chi connectivity index (χ1) is 12.5. The van der Waals surface area contributed by atoms with Crippen LogP contribution in [0, 0.1) is 10.1 Å². The summed E-state index contributed by atoms with van der Waals surface area (Å²) in [5.74, 6) is 0.411. The van der Waals surface area contributed by atoms with Gasteiger partial charge in [-0.15, -0.1) is 11.8 Å². The Labute approximate surface area is 160 Å². The normalized spacial score (nSPS) is 14.3. The molecule has 0 N–H and O–H groups in total. The predicted octanol–water partition coefficient (Wildman–Crippen LogP) is 3.69. The molecule has 0 saturated carbocycles. The fraction of sp³-hybridized carbons (Fsp3) is 0.278. The third-order valence-electron chi connectivity index (χ3n) is 4.22. The summed E-state index contributed by atoms with van der Waals surface area (Å²) in [5.41, 5.74) is 1.13. The summed E-state index contributed by atoms with van der Waals surface area (Å²) in [6.45, 7) is 2.89. The van der Waals surface area contributed by atoms with E-state index in [0.717, 1.165) is 23.7 Å². The maximum absolute atomic E-state index is 12.4. The predicted molar refractivity (Wildman–Crippen MR) is 104 cm³/mol. The molecule has 26 heavy (non-hydrogen) atoms. The molecule has 1 aliphatic rings. The smallest absolute Gasteiger partial charge is 0.269 e. The van der Waals surface area contributed by atoms with Gasteiger partial charge in [0, 0.05) is 53.9 Å². The van der Waals surface area contributed by atoms with Gasteiger partial charge in [-0.25, -0.2) is 0 Å². The minimum atomic E-state index is -0.432. The van der Waals surface area contributed by atoms with Crippen LogP contribution in [-0.4, -0.2) is 47.7 Å². The summed E-state index contributed by atoms with van der Waals surface area (Å²) in [6.07, 6.45) is 0. The number of carbonyl (C=O) groups excluding carboxylic acids is 1. The third-order valence-corrected chi connectivity index (χ3v) is 5.45. The minimum Gasteiger partial charge on any atom is -0.368 e. The van der Waals surface area contributed by atoms with Crippen LogP contribution in [0.4, 0.5) is 11.4 Å². The number of amides is 1. The Hall–Kier alpha value is -2.25. The Morgan fingerprint density at radius 1 is 1.12 bits per heavy atom. The van der Waals surface area contributed by atoms with Crippen LogP contribution in [0.25, 0.3) is 0 Å². The molecule has 6 nitrogen and oxygen atoms in total. The van der Waals surface area contributed by atoms with Gasteiger partial charge in [-0.3, -0.25) is 14.9 Å². The second-order valence-corrected chi connectivity index (χ2v) is 7.37. The molecule has 2 aromatic carbocycles. The highest BCUT2D eigenvalue weighted by molar-refractivity contribution is 8.00. The number of nitro groups is 1. The monoisotopic (exact) mass is 391 g/mol. The van der Waals surface area contributed by atoms with Crippen molar-refractivity contribution in [3.63, 3.8) is 0 Å². The largest absolute Gasteiger partial charge is 0.368 e. The molecule has 3 rings (SSSR count). The Kier molecular flexibility index (Phi) is 6.00. The van der Waals surface area contributed by atoms with Crippen molar-refractivity contribution in [2.24, 2.45) is 0 Å². The van der Waals surface area contributed by atoms with Gasteiger partial charge in [-0.05, 0) is 30.3 Å². The lowest BCUT2D eigenvalue weighted by Gasteiger charge is -2.36. The average molecular weight is 392 g/mol. The lowest BCUT2D eigenvalue weighted by Crippen LogP contribution is -2.49. The molecule has 0 aromatic heterocycles. The second kappa shape index (κ2) is 8.42. The molecular formula is C18H18ClN3O3S. The molecule has 8 heteroatoms. The van der Waals surface area contributed by atoms with E-state index in [2.05, 4.69) is 4.90 Å². The van der Waals surface area contributed by atoms with Crippen LogP contribution in [0.15, 0.2) is 53.4 Å². The van der Waals surface area contributed by atoms with E-state index in [1.165, 1.54) is 23.9 Å². The lowest BCUT2D eigenvalue weighted by atomic mass is 10.2. The summed E-state index contributed by atoms with van der Waals surface area (Å²) < 4.78 is 0. The molecule has 1 fully saturated rings. The van der Waals surface area contributed by atoms with Gasteiger partial charge in [0.25, 0.3) is 5.69 Å². The van der Waals surface area contributed by atoms with Crippen molar-refractivity contribution in [2.45, 2.75) is 4.90 Å². The van der Waals surface area contributed by atoms with E-state index in [9.17, 15) is 14.9 Å². The van der Waals surface area contributed by atoms with Crippen molar-refractivity contribution in [1.29, 1.82) is 0 Å². The number of thioether (sulfide) groups is 1. The van der Waals surface area contributed by atoms with E-state index >= 15 is 0 Å². The van der Waals surface area contributed by atoms with E-state index in [1.54, 1.807) is 12.1 Å². The van der Waals surface area contributed by atoms with Crippen molar-refractivity contribution in [1.82, 2.24) is 4.90 Å². The molecule has 1 amide bonds. The highest BCUT2D eigenvalue weighted by Gasteiger charge is 2.21. The van der Waals surface area contributed by atoms with Gasteiger partial charge in [0.1, 0.15) is 0 Å². The highest BCUT2D eigenvalue weighted by Crippen LogP contribution is 2.23. The summed E-state index contributed by atoms with van der Waals surface area (Å²) in [7, 11) is 0. The zero-order chi connectivity index (χ0) is 18.5. The van der Waals surface area contributed by atoms with E-state index < -0.39 is 4.92 Å². The highest BCUT2D eigenvalue weighted by atomic mass is 35.5. The van der Waals surface area contributed by atoms with Gasteiger partial charge in [0.2, 0.25) is 5.91 Å². The number of nitro benzene ring substituents is 1. The van der Waals surface area contributed by atoms with E-state index in [-0.39, 0.29) is 11.6 Å². The zero-order valence-corrected chi connectivity index (χ0v) is 15.6. The molecule has 1 heterocycles. The maximum atomic E-state index is 12.4. The number of benzene rings is 2. The fourth-order valence-corrected chi connectivity index (χ4v) is 3.77. The molecule has 0 radical (unpaired) electrons.